The molecular formula is C8H12O7. The normalized spacial score (nSPS) is 16.4. The highest BCUT2D eigenvalue weighted by Gasteiger charge is 2.34. The molecule has 0 saturated heterocycles. The van der Waals surface area contributed by atoms with Crippen LogP contribution >= 0.6 is 0 Å². The third-order valence-electron chi connectivity index (χ3n) is 1.98. The van der Waals surface area contributed by atoms with Gasteiger partial charge in [0.15, 0.2) is 6.10 Å². The molecular weight excluding hydrogens is 208 g/mol. The van der Waals surface area contributed by atoms with Gasteiger partial charge in [0.2, 0.25) is 0 Å². The van der Waals surface area contributed by atoms with Gasteiger partial charge in [-0.05, 0) is 6.42 Å². The predicted octanol–water partition coefficient (Wildman–Crippen LogP) is -0.756. The zero-order valence-corrected chi connectivity index (χ0v) is 7.95. The van der Waals surface area contributed by atoms with Crippen molar-refractivity contribution in [2.24, 2.45) is 11.8 Å². The van der Waals surface area contributed by atoms with E-state index in [-0.39, 0.29) is 0 Å². The minimum atomic E-state index is -2.09. The fourth-order valence-corrected chi connectivity index (χ4v) is 1.02. The van der Waals surface area contributed by atoms with E-state index >= 15 is 0 Å². The summed E-state index contributed by atoms with van der Waals surface area (Å²) in [5, 5.41) is 34.5. The smallest absolute Gasteiger partial charge is 0.333 e. The van der Waals surface area contributed by atoms with Crippen LogP contribution in [0.15, 0.2) is 0 Å². The lowest BCUT2D eigenvalue weighted by atomic mass is 9.91. The van der Waals surface area contributed by atoms with E-state index in [1.807, 2.05) is 0 Å². The molecule has 7 nitrogen and oxygen atoms in total. The minimum absolute atomic E-state index is 0.432. The first kappa shape index (κ1) is 13.4. The fraction of sp³-hybridized carbons (Fsp3) is 0.625. The highest BCUT2D eigenvalue weighted by Crippen LogP contribution is 2.17. The molecule has 0 aliphatic rings. The molecule has 0 aliphatic carbocycles. The molecule has 0 saturated carbocycles. The van der Waals surface area contributed by atoms with Crippen molar-refractivity contribution in [2.75, 3.05) is 0 Å². The van der Waals surface area contributed by atoms with Gasteiger partial charge in [-0.2, -0.15) is 0 Å². The molecule has 0 fully saturated rings. The van der Waals surface area contributed by atoms with Crippen LogP contribution in [0, 0.1) is 11.8 Å². The largest absolute Gasteiger partial charge is 0.481 e. The van der Waals surface area contributed by atoms with Crippen LogP contribution in [0.25, 0.3) is 0 Å². The minimum Gasteiger partial charge on any atom is -0.481 e. The molecule has 0 radical (unpaired) electrons. The molecule has 3 unspecified atom stereocenters. The molecule has 86 valence electrons. The molecule has 0 spiro atoms. The third-order valence-corrected chi connectivity index (χ3v) is 1.98. The Morgan fingerprint density at radius 2 is 1.47 bits per heavy atom. The van der Waals surface area contributed by atoms with Crippen molar-refractivity contribution in [3.63, 3.8) is 0 Å². The Hall–Kier alpha value is -1.63. The molecule has 0 bridgehead atoms. The number of carbonyl (C=O) groups is 3. The summed E-state index contributed by atoms with van der Waals surface area (Å²) in [7, 11) is 0. The van der Waals surface area contributed by atoms with Crippen molar-refractivity contribution in [1.29, 1.82) is 0 Å². The fourth-order valence-electron chi connectivity index (χ4n) is 1.02. The van der Waals surface area contributed by atoms with Crippen LogP contribution in [0.2, 0.25) is 0 Å². The second kappa shape index (κ2) is 5.30. The highest BCUT2D eigenvalue weighted by atomic mass is 16.4. The molecule has 0 aromatic heterocycles. The van der Waals surface area contributed by atoms with Crippen molar-refractivity contribution in [1.82, 2.24) is 0 Å². The lowest BCUT2D eigenvalue weighted by Gasteiger charge is -2.17. The number of carboxylic acid groups (broad SMARTS) is 3. The molecule has 0 rings (SSSR count). The zero-order valence-electron chi connectivity index (χ0n) is 7.95. The zero-order chi connectivity index (χ0) is 12.2. The standard InChI is InChI=1S/C8H12O7/c1-3(6(10)11)2-4(7(12)13)5(9)8(14)15/h3-5,9H,2H2,1H3,(H,10,11)(H,12,13)(H,14,15). The van der Waals surface area contributed by atoms with Gasteiger partial charge in [0.05, 0.1) is 11.8 Å². The van der Waals surface area contributed by atoms with Gasteiger partial charge in [-0.25, -0.2) is 4.79 Å². The van der Waals surface area contributed by atoms with E-state index in [0.717, 1.165) is 0 Å². The molecule has 0 amide bonds. The lowest BCUT2D eigenvalue weighted by Crippen LogP contribution is -2.36. The van der Waals surface area contributed by atoms with E-state index in [9.17, 15) is 14.4 Å². The summed E-state index contributed by atoms with van der Waals surface area (Å²) in [5.74, 6) is -7.09. The van der Waals surface area contributed by atoms with E-state index in [2.05, 4.69) is 0 Å². The third kappa shape index (κ3) is 3.94. The van der Waals surface area contributed by atoms with E-state index < -0.39 is 42.3 Å². The maximum Gasteiger partial charge on any atom is 0.333 e. The molecule has 15 heavy (non-hydrogen) atoms. The summed E-state index contributed by atoms with van der Waals surface area (Å²) in [6.45, 7) is 1.24. The lowest BCUT2D eigenvalue weighted by molar-refractivity contribution is -0.161. The van der Waals surface area contributed by atoms with E-state index in [1.54, 1.807) is 0 Å². The summed E-state index contributed by atoms with van der Waals surface area (Å²) < 4.78 is 0. The summed E-state index contributed by atoms with van der Waals surface area (Å²) in [6, 6.07) is 0. The van der Waals surface area contributed by atoms with Crippen LogP contribution in [0.3, 0.4) is 0 Å². The molecule has 4 N–H and O–H groups in total. The average Bonchev–Trinajstić information content (AvgIpc) is 2.11. The van der Waals surface area contributed by atoms with Gasteiger partial charge in [-0.1, -0.05) is 6.92 Å². The Bertz CT molecular complexity index is 272. The van der Waals surface area contributed by atoms with Gasteiger partial charge in [-0.15, -0.1) is 0 Å². The quantitative estimate of drug-likeness (QED) is 0.462. The first-order chi connectivity index (χ1) is 6.77. The number of aliphatic hydroxyl groups excluding tert-OH is 1. The Labute approximate surface area is 85.0 Å². The topological polar surface area (TPSA) is 132 Å². The van der Waals surface area contributed by atoms with E-state index in [4.69, 9.17) is 20.4 Å². The average molecular weight is 220 g/mol. The maximum atomic E-state index is 10.6. The molecule has 0 aromatic carbocycles. The van der Waals surface area contributed by atoms with Gasteiger partial charge in [0.25, 0.3) is 0 Å². The van der Waals surface area contributed by atoms with Crippen LogP contribution in [-0.4, -0.2) is 44.4 Å². The van der Waals surface area contributed by atoms with E-state index in [1.165, 1.54) is 6.92 Å². The number of rotatable bonds is 6. The molecule has 3 atom stereocenters. The van der Waals surface area contributed by atoms with Gasteiger partial charge < -0.3 is 20.4 Å². The summed E-state index contributed by atoms with van der Waals surface area (Å²) in [4.78, 5) is 31.4. The highest BCUT2D eigenvalue weighted by molar-refractivity contribution is 5.82. The second-order valence-corrected chi connectivity index (χ2v) is 3.20. The van der Waals surface area contributed by atoms with Gasteiger partial charge in [0, 0.05) is 0 Å². The van der Waals surface area contributed by atoms with Gasteiger partial charge in [-0.3, -0.25) is 9.59 Å². The maximum absolute atomic E-state index is 10.6. The van der Waals surface area contributed by atoms with Crippen molar-refractivity contribution in [3.8, 4) is 0 Å². The first-order valence-electron chi connectivity index (χ1n) is 4.13. The number of hydrogen-bond donors (Lipinski definition) is 4. The number of hydrogen-bond acceptors (Lipinski definition) is 4. The second-order valence-electron chi connectivity index (χ2n) is 3.20. The molecule has 0 aliphatic heterocycles. The summed E-state index contributed by atoms with van der Waals surface area (Å²) >= 11 is 0. The number of aliphatic hydroxyl groups is 1. The summed E-state index contributed by atoms with van der Waals surface area (Å²) in [5.41, 5.74) is 0. The SMILES string of the molecule is CC(CC(C(=O)O)C(O)C(=O)O)C(=O)O. The molecule has 0 heterocycles. The Morgan fingerprint density at radius 1 is 1.00 bits per heavy atom. The molecule has 0 aromatic rings. The van der Waals surface area contributed by atoms with Crippen LogP contribution in [0.4, 0.5) is 0 Å². The van der Waals surface area contributed by atoms with Gasteiger partial charge >= 0.3 is 17.9 Å². The Kier molecular flexibility index (Phi) is 4.72. The predicted molar refractivity (Wildman–Crippen MR) is 46.2 cm³/mol. The van der Waals surface area contributed by atoms with Crippen LogP contribution < -0.4 is 0 Å². The van der Waals surface area contributed by atoms with Crippen molar-refractivity contribution >= 4 is 17.9 Å². The molecule has 7 heteroatoms. The number of carboxylic acids is 3. The van der Waals surface area contributed by atoms with Gasteiger partial charge in [0.1, 0.15) is 0 Å². The van der Waals surface area contributed by atoms with E-state index in [0.29, 0.717) is 0 Å². The number of aliphatic carboxylic acids is 3. The monoisotopic (exact) mass is 220 g/mol. The van der Waals surface area contributed by atoms with Crippen molar-refractivity contribution in [2.45, 2.75) is 19.4 Å². The summed E-state index contributed by atoms with van der Waals surface area (Å²) in [6.07, 6.45) is -2.53. The van der Waals surface area contributed by atoms with Crippen LogP contribution in [0.1, 0.15) is 13.3 Å². The van der Waals surface area contributed by atoms with Crippen LogP contribution in [0.5, 0.6) is 0 Å². The van der Waals surface area contributed by atoms with Crippen LogP contribution in [-0.2, 0) is 14.4 Å². The Balaban J connectivity index is 4.62. The van der Waals surface area contributed by atoms with Crippen molar-refractivity contribution in [3.05, 3.63) is 0 Å². The van der Waals surface area contributed by atoms with Crippen molar-refractivity contribution < 1.29 is 34.8 Å². The first-order valence-corrected chi connectivity index (χ1v) is 4.13. The Morgan fingerprint density at radius 3 is 1.73 bits per heavy atom.